The van der Waals surface area contributed by atoms with Crippen molar-refractivity contribution < 1.29 is 0 Å². The van der Waals surface area contributed by atoms with Crippen LogP contribution in [-0.4, -0.2) is 0 Å². The SMILES string of the molecule is C=CC(C#N)CCCCCC. The van der Waals surface area contributed by atoms with Crippen molar-refractivity contribution in [1.29, 1.82) is 5.26 Å². The molecule has 0 heterocycles. The molecule has 11 heavy (non-hydrogen) atoms. The van der Waals surface area contributed by atoms with Gasteiger partial charge in [0.15, 0.2) is 0 Å². The summed E-state index contributed by atoms with van der Waals surface area (Å²) in [7, 11) is 0. The molecule has 62 valence electrons. The van der Waals surface area contributed by atoms with E-state index in [1.54, 1.807) is 6.08 Å². The number of hydrogen-bond acceptors (Lipinski definition) is 1. The summed E-state index contributed by atoms with van der Waals surface area (Å²) in [6, 6.07) is 2.21. The van der Waals surface area contributed by atoms with Gasteiger partial charge < -0.3 is 0 Å². The van der Waals surface area contributed by atoms with Crippen LogP contribution in [0.15, 0.2) is 12.7 Å². The van der Waals surface area contributed by atoms with Crippen LogP contribution < -0.4 is 0 Å². The maximum atomic E-state index is 8.56. The quantitative estimate of drug-likeness (QED) is 0.422. The zero-order chi connectivity index (χ0) is 8.53. The summed E-state index contributed by atoms with van der Waals surface area (Å²) in [6.07, 6.45) is 7.69. The molecule has 0 aliphatic heterocycles. The Morgan fingerprint density at radius 3 is 2.64 bits per heavy atom. The normalized spacial score (nSPS) is 12.0. The Balaban J connectivity index is 3.23. The fourth-order valence-corrected chi connectivity index (χ4v) is 1.03. The molecule has 0 spiro atoms. The van der Waals surface area contributed by atoms with Gasteiger partial charge >= 0.3 is 0 Å². The second kappa shape index (κ2) is 7.34. The molecule has 0 bridgehead atoms. The smallest absolute Gasteiger partial charge is 0.0697 e. The highest BCUT2D eigenvalue weighted by atomic mass is 14.3. The molecule has 0 saturated heterocycles. The third kappa shape index (κ3) is 5.66. The van der Waals surface area contributed by atoms with Crippen LogP contribution in [0.1, 0.15) is 39.0 Å². The fraction of sp³-hybridized carbons (Fsp3) is 0.700. The van der Waals surface area contributed by atoms with Crippen molar-refractivity contribution in [2.45, 2.75) is 39.0 Å². The summed E-state index contributed by atoms with van der Waals surface area (Å²) >= 11 is 0. The van der Waals surface area contributed by atoms with Gasteiger partial charge in [-0.2, -0.15) is 5.26 Å². The lowest BCUT2D eigenvalue weighted by Gasteiger charge is -2.01. The third-order valence-corrected chi connectivity index (χ3v) is 1.82. The van der Waals surface area contributed by atoms with Crippen molar-refractivity contribution in [1.82, 2.24) is 0 Å². The lowest BCUT2D eigenvalue weighted by atomic mass is 10.0. The molecule has 1 unspecified atom stereocenters. The maximum Gasteiger partial charge on any atom is 0.0697 e. The van der Waals surface area contributed by atoms with Crippen molar-refractivity contribution in [3.8, 4) is 6.07 Å². The highest BCUT2D eigenvalue weighted by molar-refractivity contribution is 4.94. The summed E-state index contributed by atoms with van der Waals surface area (Å²) in [5.74, 6) is 0.0758. The van der Waals surface area contributed by atoms with Crippen LogP contribution >= 0.6 is 0 Å². The molecule has 0 saturated carbocycles. The van der Waals surface area contributed by atoms with Crippen LogP contribution in [-0.2, 0) is 0 Å². The summed E-state index contributed by atoms with van der Waals surface area (Å²) in [6.45, 7) is 5.80. The summed E-state index contributed by atoms with van der Waals surface area (Å²) in [4.78, 5) is 0. The molecule has 1 heteroatoms. The summed E-state index contributed by atoms with van der Waals surface area (Å²) < 4.78 is 0. The van der Waals surface area contributed by atoms with Crippen LogP contribution in [0.5, 0.6) is 0 Å². The number of nitrogens with zero attached hydrogens (tertiary/aromatic N) is 1. The highest BCUT2D eigenvalue weighted by Crippen LogP contribution is 2.10. The van der Waals surface area contributed by atoms with E-state index in [1.807, 2.05) is 0 Å². The maximum absolute atomic E-state index is 8.56. The third-order valence-electron chi connectivity index (χ3n) is 1.82. The van der Waals surface area contributed by atoms with Crippen molar-refractivity contribution in [3.63, 3.8) is 0 Å². The lowest BCUT2D eigenvalue weighted by Crippen LogP contribution is -1.90. The van der Waals surface area contributed by atoms with Crippen molar-refractivity contribution in [2.24, 2.45) is 5.92 Å². The van der Waals surface area contributed by atoms with Gasteiger partial charge in [-0.15, -0.1) is 6.58 Å². The topological polar surface area (TPSA) is 23.8 Å². The zero-order valence-electron chi connectivity index (χ0n) is 7.34. The van der Waals surface area contributed by atoms with Gasteiger partial charge in [-0.05, 0) is 6.42 Å². The van der Waals surface area contributed by atoms with Crippen molar-refractivity contribution >= 4 is 0 Å². The number of nitriles is 1. The first kappa shape index (κ1) is 10.2. The first-order chi connectivity index (χ1) is 5.35. The predicted octanol–water partition coefficient (Wildman–Crippen LogP) is 3.28. The van der Waals surface area contributed by atoms with Gasteiger partial charge in [0.2, 0.25) is 0 Å². The molecule has 0 aromatic rings. The van der Waals surface area contributed by atoms with E-state index < -0.39 is 0 Å². The van der Waals surface area contributed by atoms with Crippen molar-refractivity contribution in [3.05, 3.63) is 12.7 Å². The molecule has 0 aliphatic rings. The minimum Gasteiger partial charge on any atom is -0.198 e. The Labute approximate surface area is 69.7 Å². The molecule has 0 aromatic carbocycles. The second-order valence-electron chi connectivity index (χ2n) is 2.82. The van der Waals surface area contributed by atoms with E-state index in [9.17, 15) is 0 Å². The van der Waals surface area contributed by atoms with E-state index in [0.717, 1.165) is 12.8 Å². The average Bonchev–Trinajstić information content (AvgIpc) is 2.05. The monoisotopic (exact) mass is 151 g/mol. The molecule has 0 radical (unpaired) electrons. The van der Waals surface area contributed by atoms with Gasteiger partial charge in [-0.3, -0.25) is 0 Å². The van der Waals surface area contributed by atoms with Crippen LogP contribution in [0.2, 0.25) is 0 Å². The van der Waals surface area contributed by atoms with Gasteiger partial charge in [0.1, 0.15) is 0 Å². The molecule has 0 rings (SSSR count). The second-order valence-corrected chi connectivity index (χ2v) is 2.82. The van der Waals surface area contributed by atoms with Gasteiger partial charge in [0, 0.05) is 0 Å². The van der Waals surface area contributed by atoms with Gasteiger partial charge in [0.05, 0.1) is 12.0 Å². The molecular formula is C10H17N. The van der Waals surface area contributed by atoms with Crippen LogP contribution in [0.3, 0.4) is 0 Å². The molecule has 1 nitrogen and oxygen atoms in total. The van der Waals surface area contributed by atoms with E-state index in [2.05, 4.69) is 19.6 Å². The Hall–Kier alpha value is -0.770. The average molecular weight is 151 g/mol. The Morgan fingerprint density at radius 2 is 2.18 bits per heavy atom. The number of allylic oxidation sites excluding steroid dienone is 1. The highest BCUT2D eigenvalue weighted by Gasteiger charge is 1.99. The summed E-state index contributed by atoms with van der Waals surface area (Å²) in [5, 5.41) is 8.56. The minimum atomic E-state index is 0.0758. The van der Waals surface area contributed by atoms with E-state index in [4.69, 9.17) is 5.26 Å². The molecule has 0 amide bonds. The lowest BCUT2D eigenvalue weighted by molar-refractivity contribution is 0.596. The number of rotatable bonds is 6. The van der Waals surface area contributed by atoms with E-state index >= 15 is 0 Å². The van der Waals surface area contributed by atoms with Gasteiger partial charge in [-0.25, -0.2) is 0 Å². The van der Waals surface area contributed by atoms with Crippen LogP contribution in [0.4, 0.5) is 0 Å². The zero-order valence-corrected chi connectivity index (χ0v) is 7.34. The Morgan fingerprint density at radius 1 is 1.45 bits per heavy atom. The van der Waals surface area contributed by atoms with Gasteiger partial charge in [0.25, 0.3) is 0 Å². The first-order valence-electron chi connectivity index (χ1n) is 4.37. The number of unbranched alkanes of at least 4 members (excludes halogenated alkanes) is 3. The first-order valence-corrected chi connectivity index (χ1v) is 4.37. The molecule has 0 fully saturated rings. The molecule has 0 aliphatic carbocycles. The van der Waals surface area contributed by atoms with E-state index in [1.165, 1.54) is 19.3 Å². The van der Waals surface area contributed by atoms with Crippen molar-refractivity contribution in [2.75, 3.05) is 0 Å². The van der Waals surface area contributed by atoms with E-state index in [0.29, 0.717) is 0 Å². The molecule has 0 aromatic heterocycles. The largest absolute Gasteiger partial charge is 0.198 e. The fourth-order valence-electron chi connectivity index (χ4n) is 1.03. The Bertz CT molecular complexity index is 132. The molecule has 0 N–H and O–H groups in total. The minimum absolute atomic E-state index is 0.0758. The standard InChI is InChI=1S/C10H17N/c1-3-5-6-7-8-10(4-2)9-11/h4,10H,2-3,5-8H2,1H3. The van der Waals surface area contributed by atoms with Crippen LogP contribution in [0, 0.1) is 17.2 Å². The summed E-state index contributed by atoms with van der Waals surface area (Å²) in [5.41, 5.74) is 0. The molecular weight excluding hydrogens is 134 g/mol. The van der Waals surface area contributed by atoms with Gasteiger partial charge in [-0.1, -0.05) is 38.7 Å². The Kier molecular flexibility index (Phi) is 6.82. The molecule has 1 atom stereocenters. The number of hydrogen-bond donors (Lipinski definition) is 0. The van der Waals surface area contributed by atoms with E-state index in [-0.39, 0.29) is 5.92 Å². The van der Waals surface area contributed by atoms with Crippen LogP contribution in [0.25, 0.3) is 0 Å². The predicted molar refractivity (Wildman–Crippen MR) is 48.1 cm³/mol.